The SMILES string of the molecule is CCCC(=O)CCC(C)(C)CCN. The fourth-order valence-electron chi connectivity index (χ4n) is 1.40. The predicted octanol–water partition coefficient (Wildman–Crippen LogP) is 2.51. The van der Waals surface area contributed by atoms with Crippen LogP contribution in [0, 0.1) is 5.41 Å². The number of nitrogens with two attached hydrogens (primary N) is 1. The number of carbonyl (C=O) groups excluding carboxylic acids is 1. The lowest BCUT2D eigenvalue weighted by atomic mass is 9.83. The van der Waals surface area contributed by atoms with Crippen LogP contribution in [0.4, 0.5) is 0 Å². The van der Waals surface area contributed by atoms with Crippen LogP contribution in [0.5, 0.6) is 0 Å². The number of ketones is 1. The summed E-state index contributed by atoms with van der Waals surface area (Å²) in [6, 6.07) is 0. The van der Waals surface area contributed by atoms with Gasteiger partial charge in [0.1, 0.15) is 5.78 Å². The molecule has 0 aliphatic rings. The molecule has 0 aromatic heterocycles. The molecule has 0 heterocycles. The Kier molecular flexibility index (Phi) is 5.97. The Morgan fingerprint density at radius 2 is 1.85 bits per heavy atom. The summed E-state index contributed by atoms with van der Waals surface area (Å²) in [5.74, 6) is 0.396. The van der Waals surface area contributed by atoms with Crippen LogP contribution in [0.25, 0.3) is 0 Å². The van der Waals surface area contributed by atoms with Crippen LogP contribution in [-0.2, 0) is 4.79 Å². The van der Waals surface area contributed by atoms with E-state index in [1.54, 1.807) is 0 Å². The second kappa shape index (κ2) is 6.14. The lowest BCUT2D eigenvalue weighted by molar-refractivity contribution is -0.119. The normalized spacial score (nSPS) is 11.7. The van der Waals surface area contributed by atoms with Crippen LogP contribution in [0.3, 0.4) is 0 Å². The quantitative estimate of drug-likeness (QED) is 0.662. The summed E-state index contributed by atoms with van der Waals surface area (Å²) in [6.07, 6.45) is 4.41. The largest absolute Gasteiger partial charge is 0.330 e. The van der Waals surface area contributed by atoms with Gasteiger partial charge in [-0.25, -0.2) is 0 Å². The maximum absolute atomic E-state index is 11.3. The Hall–Kier alpha value is -0.370. The van der Waals surface area contributed by atoms with Crippen LogP contribution in [0.15, 0.2) is 0 Å². The van der Waals surface area contributed by atoms with E-state index in [1.807, 2.05) is 6.92 Å². The highest BCUT2D eigenvalue weighted by Gasteiger charge is 2.17. The van der Waals surface area contributed by atoms with Crippen molar-refractivity contribution < 1.29 is 4.79 Å². The minimum Gasteiger partial charge on any atom is -0.330 e. The van der Waals surface area contributed by atoms with Crippen LogP contribution in [-0.4, -0.2) is 12.3 Å². The fraction of sp³-hybridized carbons (Fsp3) is 0.909. The van der Waals surface area contributed by atoms with Gasteiger partial charge in [-0.1, -0.05) is 20.8 Å². The van der Waals surface area contributed by atoms with Gasteiger partial charge in [-0.05, 0) is 31.2 Å². The molecule has 0 aliphatic carbocycles. The van der Waals surface area contributed by atoms with Gasteiger partial charge < -0.3 is 5.73 Å². The molecule has 13 heavy (non-hydrogen) atoms. The molecule has 0 spiro atoms. The predicted molar refractivity (Wildman–Crippen MR) is 56.6 cm³/mol. The molecule has 2 N–H and O–H groups in total. The van der Waals surface area contributed by atoms with Crippen molar-refractivity contribution in [1.82, 2.24) is 0 Å². The minimum absolute atomic E-state index is 0.234. The first kappa shape index (κ1) is 12.6. The van der Waals surface area contributed by atoms with E-state index in [0.717, 1.165) is 38.6 Å². The Bertz CT molecular complexity index is 152. The minimum atomic E-state index is 0.234. The number of hydrogen-bond acceptors (Lipinski definition) is 2. The molecule has 0 atom stereocenters. The molecule has 0 aromatic rings. The molecular weight excluding hydrogens is 162 g/mol. The molecule has 0 aromatic carbocycles. The Morgan fingerprint density at radius 3 is 2.31 bits per heavy atom. The van der Waals surface area contributed by atoms with Gasteiger partial charge in [0.05, 0.1) is 0 Å². The fourth-order valence-corrected chi connectivity index (χ4v) is 1.40. The van der Waals surface area contributed by atoms with Crippen molar-refractivity contribution in [2.45, 2.75) is 52.9 Å². The van der Waals surface area contributed by atoms with Crippen molar-refractivity contribution in [3.8, 4) is 0 Å². The van der Waals surface area contributed by atoms with E-state index in [0.29, 0.717) is 5.78 Å². The summed E-state index contributed by atoms with van der Waals surface area (Å²) in [4.78, 5) is 11.3. The van der Waals surface area contributed by atoms with Crippen LogP contribution >= 0.6 is 0 Å². The summed E-state index contributed by atoms with van der Waals surface area (Å²) < 4.78 is 0. The van der Waals surface area contributed by atoms with Gasteiger partial charge in [0.15, 0.2) is 0 Å². The van der Waals surface area contributed by atoms with Crippen molar-refractivity contribution >= 4 is 5.78 Å². The second-order valence-electron chi connectivity index (χ2n) is 4.49. The average Bonchev–Trinajstić information content (AvgIpc) is 2.02. The standard InChI is InChI=1S/C11H23NO/c1-4-5-10(13)6-7-11(2,3)8-9-12/h4-9,12H2,1-3H3. The summed E-state index contributed by atoms with van der Waals surface area (Å²) in [5, 5.41) is 0. The van der Waals surface area contributed by atoms with Crippen molar-refractivity contribution in [3.05, 3.63) is 0 Å². The summed E-state index contributed by atoms with van der Waals surface area (Å²) in [5.41, 5.74) is 5.73. The lowest BCUT2D eigenvalue weighted by Crippen LogP contribution is -2.18. The maximum Gasteiger partial charge on any atom is 0.132 e. The molecule has 0 aliphatic heterocycles. The number of carbonyl (C=O) groups is 1. The first-order valence-corrected chi connectivity index (χ1v) is 5.23. The molecule has 0 saturated carbocycles. The van der Waals surface area contributed by atoms with Crippen molar-refractivity contribution in [2.24, 2.45) is 11.1 Å². The van der Waals surface area contributed by atoms with Gasteiger partial charge in [-0.3, -0.25) is 4.79 Å². The zero-order chi connectivity index (χ0) is 10.3. The topological polar surface area (TPSA) is 43.1 Å². The first-order valence-electron chi connectivity index (χ1n) is 5.23. The van der Waals surface area contributed by atoms with Gasteiger partial charge in [-0.2, -0.15) is 0 Å². The van der Waals surface area contributed by atoms with E-state index < -0.39 is 0 Å². The van der Waals surface area contributed by atoms with E-state index in [1.165, 1.54) is 0 Å². The highest BCUT2D eigenvalue weighted by Crippen LogP contribution is 2.26. The highest BCUT2D eigenvalue weighted by molar-refractivity contribution is 5.78. The summed E-state index contributed by atoms with van der Waals surface area (Å²) >= 11 is 0. The number of hydrogen-bond donors (Lipinski definition) is 1. The van der Waals surface area contributed by atoms with E-state index >= 15 is 0 Å². The van der Waals surface area contributed by atoms with E-state index in [-0.39, 0.29) is 5.41 Å². The van der Waals surface area contributed by atoms with Gasteiger partial charge >= 0.3 is 0 Å². The average molecular weight is 185 g/mol. The van der Waals surface area contributed by atoms with Crippen molar-refractivity contribution in [3.63, 3.8) is 0 Å². The van der Waals surface area contributed by atoms with Crippen LogP contribution in [0.1, 0.15) is 52.9 Å². The summed E-state index contributed by atoms with van der Waals surface area (Å²) in [7, 11) is 0. The number of Topliss-reactive ketones (excluding diaryl/α,β-unsaturated/α-hetero) is 1. The van der Waals surface area contributed by atoms with E-state index in [2.05, 4.69) is 13.8 Å². The first-order chi connectivity index (χ1) is 6.02. The third kappa shape index (κ3) is 6.76. The Balaban J connectivity index is 3.67. The maximum atomic E-state index is 11.3. The molecule has 0 bridgehead atoms. The van der Waals surface area contributed by atoms with Gasteiger partial charge in [0, 0.05) is 12.8 Å². The summed E-state index contributed by atoms with van der Waals surface area (Å²) in [6.45, 7) is 7.12. The lowest BCUT2D eigenvalue weighted by Gasteiger charge is -2.23. The van der Waals surface area contributed by atoms with Gasteiger partial charge in [-0.15, -0.1) is 0 Å². The van der Waals surface area contributed by atoms with Gasteiger partial charge in [0.2, 0.25) is 0 Å². The van der Waals surface area contributed by atoms with Crippen LogP contribution in [0.2, 0.25) is 0 Å². The third-order valence-electron chi connectivity index (χ3n) is 2.43. The molecule has 0 fully saturated rings. The van der Waals surface area contributed by atoms with Crippen LogP contribution < -0.4 is 5.73 Å². The highest BCUT2D eigenvalue weighted by atomic mass is 16.1. The third-order valence-corrected chi connectivity index (χ3v) is 2.43. The van der Waals surface area contributed by atoms with E-state index in [4.69, 9.17) is 5.73 Å². The molecule has 0 radical (unpaired) electrons. The molecule has 0 unspecified atom stereocenters. The zero-order valence-corrected chi connectivity index (χ0v) is 9.23. The zero-order valence-electron chi connectivity index (χ0n) is 9.23. The van der Waals surface area contributed by atoms with Crippen molar-refractivity contribution in [2.75, 3.05) is 6.54 Å². The Labute approximate surface area is 81.9 Å². The monoisotopic (exact) mass is 185 g/mol. The molecule has 0 saturated heterocycles. The van der Waals surface area contributed by atoms with E-state index in [9.17, 15) is 4.79 Å². The molecule has 78 valence electrons. The molecule has 0 rings (SSSR count). The molecule has 2 nitrogen and oxygen atoms in total. The van der Waals surface area contributed by atoms with Crippen molar-refractivity contribution in [1.29, 1.82) is 0 Å². The molecule has 2 heteroatoms. The molecule has 0 amide bonds. The smallest absolute Gasteiger partial charge is 0.132 e. The second-order valence-corrected chi connectivity index (χ2v) is 4.49. The molecular formula is C11H23NO. The van der Waals surface area contributed by atoms with Gasteiger partial charge in [0.25, 0.3) is 0 Å². The Morgan fingerprint density at radius 1 is 1.23 bits per heavy atom. The number of rotatable bonds is 7.